The van der Waals surface area contributed by atoms with Crippen molar-refractivity contribution in [3.63, 3.8) is 0 Å². The van der Waals surface area contributed by atoms with Gasteiger partial charge in [0.15, 0.2) is 0 Å². The van der Waals surface area contributed by atoms with E-state index in [9.17, 15) is 13.6 Å². The number of piperidine rings is 1. The smallest absolute Gasteiger partial charge is 0.253 e. The Morgan fingerprint density at radius 2 is 2.08 bits per heavy atom. The number of nitrogens with zero attached hydrogens (tertiary/aromatic N) is 2. The average molecular weight is 365 g/mol. The zero-order chi connectivity index (χ0) is 18.7. The highest BCUT2D eigenvalue weighted by molar-refractivity contribution is 5.95. The number of halogens is 2. The lowest BCUT2D eigenvalue weighted by Gasteiger charge is -2.32. The van der Waals surface area contributed by atoms with Crippen molar-refractivity contribution in [1.29, 1.82) is 0 Å². The molecule has 0 aromatic carbocycles. The number of aromatic nitrogens is 1. The van der Waals surface area contributed by atoms with Crippen molar-refractivity contribution in [1.82, 2.24) is 14.8 Å². The molecule has 2 aromatic heterocycles. The Morgan fingerprint density at radius 1 is 1.35 bits per heavy atom. The number of hydrogen-bond acceptors (Lipinski definition) is 3. The largest absolute Gasteiger partial charge is 0.467 e. The number of nitrogens with one attached hydrogen (secondary N) is 1. The molecule has 0 unspecified atom stereocenters. The predicted octanol–water partition coefficient (Wildman–Crippen LogP) is 3.21. The van der Waals surface area contributed by atoms with Gasteiger partial charge in [0.1, 0.15) is 5.76 Å². The summed E-state index contributed by atoms with van der Waals surface area (Å²) < 4.78 is 32.3. The van der Waals surface area contributed by atoms with E-state index in [0.29, 0.717) is 38.0 Å². The van der Waals surface area contributed by atoms with Gasteiger partial charge in [-0.15, -0.1) is 0 Å². The lowest BCUT2D eigenvalue weighted by molar-refractivity contribution is 0.0696. The number of alkyl halides is 2. The summed E-state index contributed by atoms with van der Waals surface area (Å²) >= 11 is 0. The quantitative estimate of drug-likeness (QED) is 0.855. The first-order valence-electron chi connectivity index (χ1n) is 8.94. The highest BCUT2D eigenvalue weighted by Crippen LogP contribution is 2.19. The van der Waals surface area contributed by atoms with Crippen molar-refractivity contribution in [2.24, 2.45) is 0 Å². The summed E-state index contributed by atoms with van der Waals surface area (Å²) in [4.78, 5) is 14.4. The molecule has 1 fully saturated rings. The van der Waals surface area contributed by atoms with Gasteiger partial charge in [-0.25, -0.2) is 8.78 Å². The molecule has 0 aliphatic carbocycles. The number of furan rings is 1. The molecule has 0 saturated carbocycles. The van der Waals surface area contributed by atoms with E-state index in [0.717, 1.165) is 17.1 Å². The average Bonchev–Trinajstić information content (AvgIpc) is 3.20. The first kappa shape index (κ1) is 18.6. The second-order valence-corrected chi connectivity index (χ2v) is 6.89. The van der Waals surface area contributed by atoms with Crippen molar-refractivity contribution in [3.05, 3.63) is 47.2 Å². The Bertz CT molecular complexity index is 732. The van der Waals surface area contributed by atoms with E-state index in [-0.39, 0.29) is 18.5 Å². The van der Waals surface area contributed by atoms with Crippen LogP contribution < -0.4 is 5.32 Å². The minimum absolute atomic E-state index is 0.0320. The summed E-state index contributed by atoms with van der Waals surface area (Å²) in [6, 6.07) is 5.67. The van der Waals surface area contributed by atoms with Crippen LogP contribution in [0.25, 0.3) is 0 Å². The van der Waals surface area contributed by atoms with E-state index in [1.54, 1.807) is 11.2 Å². The number of likely N-dealkylation sites (tertiary alicyclic amines) is 1. The molecule has 1 N–H and O–H groups in total. The Hall–Kier alpha value is -2.15. The minimum atomic E-state index is -2.30. The van der Waals surface area contributed by atoms with E-state index in [1.165, 1.54) is 0 Å². The lowest BCUT2D eigenvalue weighted by atomic mass is 10.0. The van der Waals surface area contributed by atoms with E-state index in [2.05, 4.69) is 9.88 Å². The van der Waals surface area contributed by atoms with Gasteiger partial charge in [-0.2, -0.15) is 0 Å². The lowest BCUT2D eigenvalue weighted by Crippen LogP contribution is -2.45. The summed E-state index contributed by atoms with van der Waals surface area (Å²) in [5, 5.41) is 3.06. The molecular weight excluding hydrogens is 340 g/mol. The van der Waals surface area contributed by atoms with Crippen LogP contribution >= 0.6 is 0 Å². The molecule has 2 aromatic rings. The van der Waals surface area contributed by atoms with E-state index in [1.807, 2.05) is 32.0 Å². The van der Waals surface area contributed by atoms with Gasteiger partial charge >= 0.3 is 0 Å². The zero-order valence-corrected chi connectivity index (χ0v) is 15.2. The highest BCUT2D eigenvalue weighted by atomic mass is 19.3. The van der Waals surface area contributed by atoms with Gasteiger partial charge in [0.25, 0.3) is 12.3 Å². The molecule has 7 heteroatoms. The fourth-order valence-electron chi connectivity index (χ4n) is 3.55. The predicted molar refractivity (Wildman–Crippen MR) is 94.6 cm³/mol. The maximum atomic E-state index is 12.7. The van der Waals surface area contributed by atoms with Crippen molar-refractivity contribution in [2.75, 3.05) is 19.6 Å². The Labute approximate surface area is 152 Å². The summed E-state index contributed by atoms with van der Waals surface area (Å²) in [5.74, 6) is 0.737. The molecule has 1 amide bonds. The first-order valence-corrected chi connectivity index (χ1v) is 8.94. The van der Waals surface area contributed by atoms with Crippen LogP contribution in [-0.2, 0) is 6.54 Å². The van der Waals surface area contributed by atoms with Crippen LogP contribution in [0, 0.1) is 13.8 Å². The maximum Gasteiger partial charge on any atom is 0.253 e. The van der Waals surface area contributed by atoms with Gasteiger partial charge in [-0.3, -0.25) is 9.69 Å². The Morgan fingerprint density at radius 3 is 2.69 bits per heavy atom. The molecule has 0 atom stereocenters. The number of rotatable bonds is 6. The number of carbonyl (C=O) groups is 1. The summed E-state index contributed by atoms with van der Waals surface area (Å²) in [7, 11) is 0. The number of amides is 1. The SMILES string of the molecule is Cc1cc(C(=O)NC2CCN(CC(F)F)CC2)c(C)n1Cc1ccco1. The fourth-order valence-corrected chi connectivity index (χ4v) is 3.55. The van der Waals surface area contributed by atoms with Crippen LogP contribution in [0.4, 0.5) is 8.78 Å². The van der Waals surface area contributed by atoms with Crippen LogP contribution in [0.5, 0.6) is 0 Å². The summed E-state index contributed by atoms with van der Waals surface area (Å²) in [6.07, 6.45) is 0.728. The second kappa shape index (κ2) is 8.03. The monoisotopic (exact) mass is 365 g/mol. The maximum absolute atomic E-state index is 12.7. The van der Waals surface area contributed by atoms with Gasteiger partial charge in [-0.05, 0) is 44.9 Å². The summed E-state index contributed by atoms with van der Waals surface area (Å²) in [5.41, 5.74) is 2.55. The molecule has 1 aliphatic rings. The van der Waals surface area contributed by atoms with Gasteiger partial charge in [-0.1, -0.05) is 0 Å². The third-order valence-corrected chi connectivity index (χ3v) is 5.03. The summed E-state index contributed by atoms with van der Waals surface area (Å²) in [6.45, 7) is 5.48. The van der Waals surface area contributed by atoms with E-state index >= 15 is 0 Å². The molecule has 0 spiro atoms. The van der Waals surface area contributed by atoms with E-state index < -0.39 is 6.43 Å². The molecule has 1 aliphatic heterocycles. The molecule has 3 heterocycles. The molecule has 5 nitrogen and oxygen atoms in total. The highest BCUT2D eigenvalue weighted by Gasteiger charge is 2.24. The van der Waals surface area contributed by atoms with Crippen LogP contribution in [-0.4, -0.2) is 47.5 Å². The zero-order valence-electron chi connectivity index (χ0n) is 15.2. The first-order chi connectivity index (χ1) is 12.4. The molecule has 0 bridgehead atoms. The van der Waals surface area contributed by atoms with E-state index in [4.69, 9.17) is 4.42 Å². The standard InChI is InChI=1S/C19H25F2N3O2/c1-13-10-17(14(2)24(13)11-16-4-3-9-26-16)19(25)22-15-5-7-23(8-6-15)12-18(20)21/h3-4,9-10,15,18H,5-8,11-12H2,1-2H3,(H,22,25). The molecule has 1 saturated heterocycles. The van der Waals surface area contributed by atoms with Crippen molar-refractivity contribution < 1.29 is 18.0 Å². The number of hydrogen-bond donors (Lipinski definition) is 1. The second-order valence-electron chi connectivity index (χ2n) is 6.89. The van der Waals surface area contributed by atoms with Crippen LogP contribution in [0.3, 0.4) is 0 Å². The van der Waals surface area contributed by atoms with Crippen LogP contribution in [0.2, 0.25) is 0 Å². The van der Waals surface area contributed by atoms with Crippen molar-refractivity contribution in [2.45, 2.75) is 45.7 Å². The molecule has 0 radical (unpaired) electrons. The number of carbonyl (C=O) groups excluding carboxylic acids is 1. The Balaban J connectivity index is 1.60. The number of aryl methyl sites for hydroxylation is 1. The third-order valence-electron chi connectivity index (χ3n) is 5.03. The van der Waals surface area contributed by atoms with Crippen molar-refractivity contribution >= 4 is 5.91 Å². The van der Waals surface area contributed by atoms with Crippen LogP contribution in [0.15, 0.2) is 28.9 Å². The molecule has 3 rings (SSSR count). The minimum Gasteiger partial charge on any atom is -0.467 e. The normalized spacial score (nSPS) is 16.3. The molecule has 26 heavy (non-hydrogen) atoms. The van der Waals surface area contributed by atoms with Gasteiger partial charge in [0.2, 0.25) is 0 Å². The van der Waals surface area contributed by atoms with Crippen LogP contribution in [0.1, 0.15) is 40.3 Å². The topological polar surface area (TPSA) is 50.4 Å². The van der Waals surface area contributed by atoms with Gasteiger partial charge in [0, 0.05) is 30.5 Å². The van der Waals surface area contributed by atoms with Crippen molar-refractivity contribution in [3.8, 4) is 0 Å². The van der Waals surface area contributed by atoms with Gasteiger partial charge < -0.3 is 14.3 Å². The van der Waals surface area contributed by atoms with Gasteiger partial charge in [0.05, 0.1) is 24.9 Å². The molecule has 142 valence electrons. The fraction of sp³-hybridized carbons (Fsp3) is 0.526. The Kier molecular flexibility index (Phi) is 5.76. The molecular formula is C19H25F2N3O2. The third kappa shape index (κ3) is 4.33.